The van der Waals surface area contributed by atoms with E-state index in [0.29, 0.717) is 22.9 Å². The second kappa shape index (κ2) is 7.85. The number of carbonyl (C=O) groups excluding carboxylic acids is 2. The summed E-state index contributed by atoms with van der Waals surface area (Å²) in [5.41, 5.74) is 2.25. The standard InChI is InChI=1S/C22H17ClN2O4/c23-16-9-10-19(26)17(11-16)24-22(28)15-7-5-14(6-8-15)12-25-18-3-1-2-4-20(18)29-13-21(25)27/h1-11,26H,12-13H2,(H,24,28). The number of fused-ring (bicyclic) bond motifs is 1. The molecule has 29 heavy (non-hydrogen) atoms. The molecule has 3 aromatic carbocycles. The molecule has 0 saturated heterocycles. The largest absolute Gasteiger partial charge is 0.506 e. The first-order valence-electron chi connectivity index (χ1n) is 8.92. The summed E-state index contributed by atoms with van der Waals surface area (Å²) in [6.45, 7) is 0.372. The number of phenolic OH excluding ortho intramolecular Hbond substituents is 1. The van der Waals surface area contributed by atoms with Gasteiger partial charge in [0.05, 0.1) is 17.9 Å². The summed E-state index contributed by atoms with van der Waals surface area (Å²) < 4.78 is 5.45. The molecule has 0 aromatic heterocycles. The van der Waals surface area contributed by atoms with Gasteiger partial charge in [-0.2, -0.15) is 0 Å². The number of amides is 2. The van der Waals surface area contributed by atoms with Crippen molar-refractivity contribution < 1.29 is 19.4 Å². The van der Waals surface area contributed by atoms with Gasteiger partial charge in [-0.15, -0.1) is 0 Å². The normalized spacial score (nSPS) is 12.9. The molecule has 0 fully saturated rings. The van der Waals surface area contributed by atoms with Gasteiger partial charge in [0, 0.05) is 10.6 Å². The van der Waals surface area contributed by atoms with E-state index in [1.165, 1.54) is 18.2 Å². The van der Waals surface area contributed by atoms with Gasteiger partial charge in [0.15, 0.2) is 6.61 Å². The third-order valence-corrected chi connectivity index (χ3v) is 4.81. The highest BCUT2D eigenvalue weighted by Crippen LogP contribution is 2.32. The maximum Gasteiger partial charge on any atom is 0.265 e. The lowest BCUT2D eigenvalue weighted by Crippen LogP contribution is -2.38. The maximum atomic E-state index is 12.4. The number of hydrogen-bond acceptors (Lipinski definition) is 4. The Bertz CT molecular complexity index is 1080. The molecule has 2 amide bonds. The molecule has 0 saturated carbocycles. The van der Waals surface area contributed by atoms with E-state index in [0.717, 1.165) is 11.3 Å². The molecule has 0 spiro atoms. The van der Waals surface area contributed by atoms with E-state index in [1.807, 2.05) is 24.3 Å². The number of aromatic hydroxyl groups is 1. The molecule has 2 N–H and O–H groups in total. The summed E-state index contributed by atoms with van der Waals surface area (Å²) >= 11 is 5.90. The topological polar surface area (TPSA) is 78.9 Å². The van der Waals surface area contributed by atoms with E-state index in [-0.39, 0.29) is 29.9 Å². The van der Waals surface area contributed by atoms with E-state index in [9.17, 15) is 14.7 Å². The van der Waals surface area contributed by atoms with Crippen LogP contribution in [0.15, 0.2) is 66.7 Å². The van der Waals surface area contributed by atoms with E-state index < -0.39 is 0 Å². The van der Waals surface area contributed by atoms with Crippen LogP contribution in [0, 0.1) is 0 Å². The Labute approximate surface area is 172 Å². The van der Waals surface area contributed by atoms with Crippen LogP contribution in [0.4, 0.5) is 11.4 Å². The molecule has 6 nitrogen and oxygen atoms in total. The first-order chi connectivity index (χ1) is 14.0. The fourth-order valence-corrected chi connectivity index (χ4v) is 3.25. The second-order valence-electron chi connectivity index (χ2n) is 6.55. The monoisotopic (exact) mass is 408 g/mol. The Balaban J connectivity index is 1.49. The number of nitrogens with zero attached hydrogens (tertiary/aromatic N) is 1. The Kier molecular flexibility index (Phi) is 5.10. The third kappa shape index (κ3) is 4.02. The molecule has 146 valence electrons. The molecule has 1 heterocycles. The first kappa shape index (κ1) is 18.8. The molecular formula is C22H17ClN2O4. The van der Waals surface area contributed by atoms with Gasteiger partial charge in [-0.3, -0.25) is 9.59 Å². The molecular weight excluding hydrogens is 392 g/mol. The lowest BCUT2D eigenvalue weighted by atomic mass is 10.1. The second-order valence-corrected chi connectivity index (χ2v) is 6.99. The molecule has 1 aliphatic rings. The molecule has 3 aromatic rings. The third-order valence-electron chi connectivity index (χ3n) is 4.57. The van der Waals surface area contributed by atoms with Gasteiger partial charge in [-0.05, 0) is 48.0 Å². The van der Waals surface area contributed by atoms with Crippen LogP contribution in [0.3, 0.4) is 0 Å². The average molecular weight is 409 g/mol. The number of para-hydroxylation sites is 2. The van der Waals surface area contributed by atoms with E-state index in [1.54, 1.807) is 29.2 Å². The maximum absolute atomic E-state index is 12.4. The number of benzene rings is 3. The molecule has 0 radical (unpaired) electrons. The first-order valence-corrected chi connectivity index (χ1v) is 9.30. The van der Waals surface area contributed by atoms with Crippen molar-refractivity contribution in [2.24, 2.45) is 0 Å². The quantitative estimate of drug-likeness (QED) is 0.633. The Morgan fingerprint density at radius 3 is 2.66 bits per heavy atom. The fraction of sp³-hybridized carbons (Fsp3) is 0.0909. The summed E-state index contributed by atoms with van der Waals surface area (Å²) in [6, 6.07) is 18.7. The van der Waals surface area contributed by atoms with Crippen molar-refractivity contribution in [3.8, 4) is 11.5 Å². The van der Waals surface area contributed by atoms with Crippen molar-refractivity contribution >= 4 is 34.8 Å². The minimum absolute atomic E-state index is 0.000626. The Hall–Kier alpha value is -3.51. The van der Waals surface area contributed by atoms with Gasteiger partial charge < -0.3 is 20.1 Å². The minimum atomic E-state index is -0.373. The van der Waals surface area contributed by atoms with Gasteiger partial charge >= 0.3 is 0 Å². The number of rotatable bonds is 4. The highest BCUT2D eigenvalue weighted by Gasteiger charge is 2.25. The predicted molar refractivity (Wildman–Crippen MR) is 111 cm³/mol. The zero-order chi connectivity index (χ0) is 20.4. The number of carbonyl (C=O) groups is 2. The smallest absolute Gasteiger partial charge is 0.265 e. The molecule has 7 heteroatoms. The molecule has 0 unspecified atom stereocenters. The van der Waals surface area contributed by atoms with E-state index >= 15 is 0 Å². The molecule has 0 atom stereocenters. The minimum Gasteiger partial charge on any atom is -0.506 e. The number of anilines is 2. The van der Waals surface area contributed by atoms with E-state index in [2.05, 4.69) is 5.32 Å². The summed E-state index contributed by atoms with van der Waals surface area (Å²) in [5, 5.41) is 12.9. The van der Waals surface area contributed by atoms with Crippen LogP contribution in [0.1, 0.15) is 15.9 Å². The van der Waals surface area contributed by atoms with Gasteiger partial charge in [-0.25, -0.2) is 0 Å². The number of hydrogen-bond donors (Lipinski definition) is 2. The number of nitrogens with one attached hydrogen (secondary N) is 1. The van der Waals surface area contributed by atoms with Crippen molar-refractivity contribution in [2.45, 2.75) is 6.54 Å². The van der Waals surface area contributed by atoms with Crippen LogP contribution >= 0.6 is 11.6 Å². The average Bonchev–Trinajstić information content (AvgIpc) is 2.73. The fourth-order valence-electron chi connectivity index (χ4n) is 3.07. The van der Waals surface area contributed by atoms with Crippen LogP contribution in [-0.4, -0.2) is 23.5 Å². The number of ether oxygens (including phenoxy) is 1. The van der Waals surface area contributed by atoms with Crippen LogP contribution in [0.2, 0.25) is 5.02 Å². The lowest BCUT2D eigenvalue weighted by molar-refractivity contribution is -0.121. The van der Waals surface area contributed by atoms with Gasteiger partial charge in [0.1, 0.15) is 11.5 Å². The zero-order valence-electron chi connectivity index (χ0n) is 15.3. The Morgan fingerprint density at radius 1 is 1.10 bits per heavy atom. The summed E-state index contributed by atoms with van der Waals surface area (Å²) in [6.07, 6.45) is 0. The zero-order valence-corrected chi connectivity index (χ0v) is 16.0. The summed E-state index contributed by atoms with van der Waals surface area (Å²) in [7, 11) is 0. The van der Waals surface area contributed by atoms with Crippen molar-refractivity contribution in [2.75, 3.05) is 16.8 Å². The van der Waals surface area contributed by atoms with Crippen molar-refractivity contribution in [3.63, 3.8) is 0 Å². The van der Waals surface area contributed by atoms with Gasteiger partial charge in [0.2, 0.25) is 0 Å². The number of phenols is 1. The summed E-state index contributed by atoms with van der Waals surface area (Å²) in [4.78, 5) is 26.4. The van der Waals surface area contributed by atoms with Crippen molar-refractivity contribution in [3.05, 3.63) is 82.9 Å². The molecule has 0 bridgehead atoms. The predicted octanol–water partition coefficient (Wildman–Crippen LogP) is 4.22. The van der Waals surface area contributed by atoms with E-state index in [4.69, 9.17) is 16.3 Å². The van der Waals surface area contributed by atoms with Crippen LogP contribution in [-0.2, 0) is 11.3 Å². The van der Waals surface area contributed by atoms with Crippen molar-refractivity contribution in [1.82, 2.24) is 0 Å². The molecule has 1 aliphatic heterocycles. The molecule has 4 rings (SSSR count). The van der Waals surface area contributed by atoms with Crippen molar-refractivity contribution in [1.29, 1.82) is 0 Å². The van der Waals surface area contributed by atoms with Gasteiger partial charge in [-0.1, -0.05) is 35.9 Å². The lowest BCUT2D eigenvalue weighted by Gasteiger charge is -2.29. The van der Waals surface area contributed by atoms with Crippen LogP contribution in [0.25, 0.3) is 0 Å². The highest BCUT2D eigenvalue weighted by molar-refractivity contribution is 6.31. The summed E-state index contributed by atoms with van der Waals surface area (Å²) in [5.74, 6) is 0.108. The SMILES string of the molecule is O=C(Nc1cc(Cl)ccc1O)c1ccc(CN2C(=O)COc3ccccc32)cc1. The van der Waals surface area contributed by atoms with Crippen LogP contribution in [0.5, 0.6) is 11.5 Å². The van der Waals surface area contributed by atoms with Crippen LogP contribution < -0.4 is 15.0 Å². The number of halogens is 1. The molecule has 0 aliphatic carbocycles. The van der Waals surface area contributed by atoms with Gasteiger partial charge in [0.25, 0.3) is 11.8 Å². The Morgan fingerprint density at radius 2 is 1.86 bits per heavy atom. The highest BCUT2D eigenvalue weighted by atomic mass is 35.5.